The van der Waals surface area contributed by atoms with Crippen LogP contribution in [0, 0.1) is 6.92 Å². The second-order valence-electron chi connectivity index (χ2n) is 6.59. The first-order chi connectivity index (χ1) is 11.4. The summed E-state index contributed by atoms with van der Waals surface area (Å²) in [4.78, 5) is 21.0. The van der Waals surface area contributed by atoms with E-state index in [1.165, 1.54) is 11.1 Å². The van der Waals surface area contributed by atoms with E-state index in [1.54, 1.807) is 11.7 Å². The summed E-state index contributed by atoms with van der Waals surface area (Å²) in [6.45, 7) is 3.45. The van der Waals surface area contributed by atoms with Crippen molar-refractivity contribution < 1.29 is 4.79 Å². The summed E-state index contributed by atoms with van der Waals surface area (Å²) in [7, 11) is 5.89. The Morgan fingerprint density at radius 1 is 1.25 bits per heavy atom. The molecule has 0 aliphatic carbocycles. The minimum atomic E-state index is -0.113. The predicted molar refractivity (Wildman–Crippen MR) is 96.0 cm³/mol. The summed E-state index contributed by atoms with van der Waals surface area (Å²) >= 11 is 3.29. The van der Waals surface area contributed by atoms with Gasteiger partial charge in [0.05, 0.1) is 0 Å². The van der Waals surface area contributed by atoms with Crippen molar-refractivity contribution in [2.45, 2.75) is 18.9 Å². The molecule has 0 N–H and O–H groups in total. The van der Waals surface area contributed by atoms with E-state index in [9.17, 15) is 4.79 Å². The van der Waals surface area contributed by atoms with Crippen molar-refractivity contribution in [2.75, 3.05) is 27.2 Å². The van der Waals surface area contributed by atoms with Crippen LogP contribution in [0.4, 0.5) is 0 Å². The topological polar surface area (TPSA) is 54.3 Å². The van der Waals surface area contributed by atoms with E-state index in [-0.39, 0.29) is 23.7 Å². The molecule has 24 heavy (non-hydrogen) atoms. The molecule has 2 heterocycles. The Hall–Kier alpha value is -1.73. The van der Waals surface area contributed by atoms with Crippen LogP contribution in [0.1, 0.15) is 27.7 Å². The van der Waals surface area contributed by atoms with Crippen LogP contribution >= 0.6 is 15.9 Å². The van der Waals surface area contributed by atoms with Gasteiger partial charge in [-0.05, 0) is 42.5 Å². The Kier molecular flexibility index (Phi) is 4.73. The molecule has 1 aromatic carbocycles. The lowest BCUT2D eigenvalue weighted by atomic mass is 9.93. The standard InChI is InChI=1S/C17H22BrN5O/c1-11-5-7-12(8-6-11)13-9-23(10-14(13)21(2)3)16(24)15-19-17(18)22(4)20-15/h5-8,13-14H,9-10H2,1-4H3/t13-,14+/m0/s1. The number of carbonyl (C=O) groups is 1. The van der Waals surface area contributed by atoms with Crippen molar-refractivity contribution in [1.29, 1.82) is 0 Å². The molecule has 1 amide bonds. The number of rotatable bonds is 3. The van der Waals surface area contributed by atoms with Gasteiger partial charge in [-0.1, -0.05) is 29.8 Å². The monoisotopic (exact) mass is 391 g/mol. The molecule has 7 heteroatoms. The van der Waals surface area contributed by atoms with Gasteiger partial charge in [-0.3, -0.25) is 4.79 Å². The van der Waals surface area contributed by atoms with E-state index in [1.807, 2.05) is 4.90 Å². The minimum absolute atomic E-state index is 0.113. The summed E-state index contributed by atoms with van der Waals surface area (Å²) in [6, 6.07) is 8.87. The van der Waals surface area contributed by atoms with Crippen LogP contribution < -0.4 is 0 Å². The van der Waals surface area contributed by atoms with E-state index in [0.717, 1.165) is 0 Å². The average molecular weight is 392 g/mol. The largest absolute Gasteiger partial charge is 0.334 e. The molecule has 1 saturated heterocycles. The first-order valence-electron chi connectivity index (χ1n) is 7.95. The van der Waals surface area contributed by atoms with Gasteiger partial charge < -0.3 is 9.80 Å². The molecule has 1 aliphatic rings. The van der Waals surface area contributed by atoms with Crippen LogP contribution in [-0.4, -0.2) is 63.7 Å². The minimum Gasteiger partial charge on any atom is -0.334 e. The fraction of sp³-hybridized carbons (Fsp3) is 0.471. The average Bonchev–Trinajstić information content (AvgIpc) is 3.12. The zero-order chi connectivity index (χ0) is 17.4. The van der Waals surface area contributed by atoms with Crippen LogP contribution in [0.15, 0.2) is 29.0 Å². The lowest BCUT2D eigenvalue weighted by molar-refractivity contribution is 0.0770. The van der Waals surface area contributed by atoms with Crippen molar-refractivity contribution in [2.24, 2.45) is 7.05 Å². The zero-order valence-corrected chi connectivity index (χ0v) is 16.0. The van der Waals surface area contributed by atoms with Gasteiger partial charge in [0.25, 0.3) is 5.91 Å². The highest BCUT2D eigenvalue weighted by Gasteiger charge is 2.38. The third-order valence-electron chi connectivity index (χ3n) is 4.65. The number of aryl methyl sites for hydroxylation is 2. The zero-order valence-electron chi connectivity index (χ0n) is 14.4. The Labute approximate surface area is 150 Å². The van der Waals surface area contributed by atoms with Crippen molar-refractivity contribution in [1.82, 2.24) is 24.6 Å². The third-order valence-corrected chi connectivity index (χ3v) is 5.34. The Bertz CT molecular complexity index is 720. The van der Waals surface area contributed by atoms with Crippen LogP contribution in [0.3, 0.4) is 0 Å². The second kappa shape index (κ2) is 6.64. The van der Waals surface area contributed by atoms with Gasteiger partial charge in [0.2, 0.25) is 5.82 Å². The molecule has 0 unspecified atom stereocenters. The van der Waals surface area contributed by atoms with E-state index in [2.05, 4.69) is 76.2 Å². The van der Waals surface area contributed by atoms with E-state index in [4.69, 9.17) is 0 Å². The number of amides is 1. The first kappa shape index (κ1) is 17.1. The molecule has 0 spiro atoms. The fourth-order valence-corrected chi connectivity index (χ4v) is 3.46. The van der Waals surface area contributed by atoms with Crippen LogP contribution in [0.5, 0.6) is 0 Å². The first-order valence-corrected chi connectivity index (χ1v) is 8.75. The van der Waals surface area contributed by atoms with Crippen molar-refractivity contribution in [3.05, 3.63) is 46.0 Å². The number of carbonyl (C=O) groups excluding carboxylic acids is 1. The van der Waals surface area contributed by atoms with Crippen LogP contribution in [0.2, 0.25) is 0 Å². The molecule has 2 atom stereocenters. The molecule has 0 saturated carbocycles. The van der Waals surface area contributed by atoms with Gasteiger partial charge in [-0.25, -0.2) is 4.68 Å². The summed E-state index contributed by atoms with van der Waals surface area (Å²) in [5, 5.41) is 4.19. The lowest BCUT2D eigenvalue weighted by Crippen LogP contribution is -2.36. The fourth-order valence-electron chi connectivity index (χ4n) is 3.21. The summed E-state index contributed by atoms with van der Waals surface area (Å²) in [5.41, 5.74) is 2.51. The molecule has 1 aliphatic heterocycles. The highest BCUT2D eigenvalue weighted by Crippen LogP contribution is 2.31. The predicted octanol–water partition coefficient (Wildman–Crippen LogP) is 2.06. The van der Waals surface area contributed by atoms with E-state index < -0.39 is 0 Å². The summed E-state index contributed by atoms with van der Waals surface area (Å²) in [5.74, 6) is 0.418. The van der Waals surface area contributed by atoms with Crippen molar-refractivity contribution >= 4 is 21.8 Å². The second-order valence-corrected chi connectivity index (χ2v) is 7.30. The summed E-state index contributed by atoms with van der Waals surface area (Å²) < 4.78 is 2.12. The normalized spacial score (nSPS) is 20.8. The number of aromatic nitrogens is 3. The lowest BCUT2D eigenvalue weighted by Gasteiger charge is -2.25. The molecule has 0 radical (unpaired) electrons. The molecule has 1 fully saturated rings. The molecule has 3 rings (SSSR count). The van der Waals surface area contributed by atoms with Gasteiger partial charge in [0, 0.05) is 32.1 Å². The van der Waals surface area contributed by atoms with Crippen molar-refractivity contribution in [3.8, 4) is 0 Å². The number of benzene rings is 1. The molecule has 6 nitrogen and oxygen atoms in total. The SMILES string of the molecule is Cc1ccc([C@@H]2CN(C(=O)c3nc(Br)n(C)n3)C[C@H]2N(C)C)cc1. The van der Waals surface area contributed by atoms with Crippen LogP contribution in [0.25, 0.3) is 0 Å². The molecule has 2 aromatic rings. The van der Waals surface area contributed by atoms with Crippen LogP contribution in [-0.2, 0) is 7.05 Å². The van der Waals surface area contributed by atoms with Gasteiger partial charge in [-0.15, -0.1) is 5.10 Å². The summed E-state index contributed by atoms with van der Waals surface area (Å²) in [6.07, 6.45) is 0. The van der Waals surface area contributed by atoms with Gasteiger partial charge in [0.15, 0.2) is 4.73 Å². The number of hydrogen-bond acceptors (Lipinski definition) is 4. The smallest absolute Gasteiger partial charge is 0.293 e. The molecular weight excluding hydrogens is 370 g/mol. The number of hydrogen-bond donors (Lipinski definition) is 0. The number of likely N-dealkylation sites (N-methyl/N-ethyl adjacent to an activating group) is 1. The maximum atomic E-state index is 12.8. The number of nitrogens with zero attached hydrogens (tertiary/aromatic N) is 5. The van der Waals surface area contributed by atoms with Gasteiger partial charge >= 0.3 is 0 Å². The van der Waals surface area contributed by atoms with Gasteiger partial charge in [-0.2, -0.15) is 4.98 Å². The maximum absolute atomic E-state index is 12.8. The third kappa shape index (κ3) is 3.23. The molecule has 128 valence electrons. The Morgan fingerprint density at radius 2 is 1.92 bits per heavy atom. The van der Waals surface area contributed by atoms with E-state index >= 15 is 0 Å². The number of halogens is 1. The quantitative estimate of drug-likeness (QED) is 0.803. The molecular formula is C17H22BrN5O. The van der Waals surface area contributed by atoms with Gasteiger partial charge in [0.1, 0.15) is 0 Å². The maximum Gasteiger partial charge on any atom is 0.293 e. The number of likely N-dealkylation sites (tertiary alicyclic amines) is 1. The molecule has 1 aromatic heterocycles. The highest BCUT2D eigenvalue weighted by atomic mass is 79.9. The Morgan fingerprint density at radius 3 is 2.46 bits per heavy atom. The van der Waals surface area contributed by atoms with E-state index in [0.29, 0.717) is 17.8 Å². The highest BCUT2D eigenvalue weighted by molar-refractivity contribution is 9.10. The Balaban J connectivity index is 1.84. The van der Waals surface area contributed by atoms with Crippen molar-refractivity contribution in [3.63, 3.8) is 0 Å². The molecule has 0 bridgehead atoms.